The van der Waals surface area contributed by atoms with E-state index in [2.05, 4.69) is 15.6 Å². The van der Waals surface area contributed by atoms with Gasteiger partial charge in [-0.1, -0.05) is 0 Å². The predicted molar refractivity (Wildman–Crippen MR) is 52.6 cm³/mol. The maximum absolute atomic E-state index is 11.2. The fraction of sp³-hybridized carbons (Fsp3) is 0. The molecule has 1 saturated heterocycles. The van der Waals surface area contributed by atoms with Crippen LogP contribution in [0.5, 0.6) is 0 Å². The first-order valence-corrected chi connectivity index (χ1v) is 4.13. The van der Waals surface area contributed by atoms with Crippen LogP contribution in [-0.2, 0) is 4.79 Å². The van der Waals surface area contributed by atoms with Crippen molar-refractivity contribution in [1.82, 2.24) is 15.6 Å². The summed E-state index contributed by atoms with van der Waals surface area (Å²) in [4.78, 5) is 14.1. The monoisotopic (exact) mass is 193 g/mol. The molecule has 0 unspecified atom stereocenters. The third-order valence-electron chi connectivity index (χ3n) is 1.65. The van der Waals surface area contributed by atoms with Crippen molar-refractivity contribution in [2.75, 3.05) is 0 Å². The minimum atomic E-state index is -0.189. The summed E-state index contributed by atoms with van der Waals surface area (Å²) in [5, 5.41) is 5.60. The number of rotatable bonds is 1. The van der Waals surface area contributed by atoms with Gasteiger partial charge in [0.05, 0.1) is 0 Å². The minimum Gasteiger partial charge on any atom is -0.367 e. The van der Waals surface area contributed by atoms with Crippen molar-refractivity contribution in [1.29, 1.82) is 0 Å². The number of amides is 1. The lowest BCUT2D eigenvalue weighted by atomic mass is 10.3. The van der Waals surface area contributed by atoms with E-state index in [9.17, 15) is 4.79 Å². The number of aromatic nitrogens is 1. The second-order valence-corrected chi connectivity index (χ2v) is 3.02. The highest BCUT2D eigenvalue weighted by molar-refractivity contribution is 7.80. The average molecular weight is 193 g/mol. The number of thiocarbonyl (C=S) groups is 1. The Morgan fingerprint density at radius 2 is 2.23 bits per heavy atom. The highest BCUT2D eigenvalue weighted by Crippen LogP contribution is 2.06. The molecule has 2 rings (SSSR count). The molecule has 3 N–H and O–H groups in total. The topological polar surface area (TPSA) is 56.9 Å². The van der Waals surface area contributed by atoms with Crippen molar-refractivity contribution >= 4 is 29.3 Å². The third kappa shape index (κ3) is 1.59. The summed E-state index contributed by atoms with van der Waals surface area (Å²) >= 11 is 4.78. The molecule has 0 bridgehead atoms. The van der Waals surface area contributed by atoms with Crippen LogP contribution in [-0.4, -0.2) is 16.0 Å². The number of hydrogen-bond donors (Lipinski definition) is 3. The summed E-state index contributed by atoms with van der Waals surface area (Å²) in [6.45, 7) is 0. The Bertz CT molecular complexity index is 380. The van der Waals surface area contributed by atoms with Gasteiger partial charge in [0, 0.05) is 12.4 Å². The van der Waals surface area contributed by atoms with Gasteiger partial charge >= 0.3 is 0 Å². The van der Waals surface area contributed by atoms with Crippen LogP contribution < -0.4 is 10.6 Å². The van der Waals surface area contributed by atoms with Gasteiger partial charge in [0.15, 0.2) is 5.11 Å². The number of aromatic amines is 1. The number of hydrogen-bond acceptors (Lipinski definition) is 2. The Balaban J connectivity index is 2.27. The summed E-state index contributed by atoms with van der Waals surface area (Å²) in [6.07, 6.45) is 5.31. The first kappa shape index (κ1) is 8.00. The van der Waals surface area contributed by atoms with Crippen molar-refractivity contribution in [2.45, 2.75) is 0 Å². The number of carbonyl (C=O) groups excluding carboxylic acids is 1. The van der Waals surface area contributed by atoms with E-state index in [4.69, 9.17) is 12.2 Å². The van der Waals surface area contributed by atoms with Gasteiger partial charge in [-0.05, 0) is 29.9 Å². The standard InChI is InChI=1S/C8H7N3OS/c12-7-6(10-8(13)11-7)3-5-1-2-9-4-5/h1-4,9H,(H2,10,11,12,13)/b6-3-. The van der Waals surface area contributed by atoms with Gasteiger partial charge in [0.1, 0.15) is 5.70 Å². The number of H-pyrrole nitrogens is 1. The molecular formula is C8H7N3OS. The van der Waals surface area contributed by atoms with E-state index in [0.717, 1.165) is 5.56 Å². The Labute approximate surface area is 80.0 Å². The molecule has 0 atom stereocenters. The van der Waals surface area contributed by atoms with E-state index >= 15 is 0 Å². The first-order valence-electron chi connectivity index (χ1n) is 3.72. The van der Waals surface area contributed by atoms with Crippen LogP contribution in [0.2, 0.25) is 0 Å². The zero-order valence-electron chi connectivity index (χ0n) is 6.63. The third-order valence-corrected chi connectivity index (χ3v) is 1.86. The molecule has 1 aromatic rings. The molecule has 1 aromatic heterocycles. The molecule has 0 aliphatic carbocycles. The molecule has 1 aliphatic heterocycles. The van der Waals surface area contributed by atoms with E-state index in [-0.39, 0.29) is 5.91 Å². The molecule has 13 heavy (non-hydrogen) atoms. The Morgan fingerprint density at radius 1 is 1.38 bits per heavy atom. The molecular weight excluding hydrogens is 186 g/mol. The summed E-state index contributed by atoms with van der Waals surface area (Å²) in [7, 11) is 0. The Kier molecular flexibility index (Phi) is 1.86. The van der Waals surface area contributed by atoms with E-state index in [1.807, 2.05) is 6.07 Å². The van der Waals surface area contributed by atoms with Gasteiger partial charge in [-0.15, -0.1) is 0 Å². The lowest BCUT2D eigenvalue weighted by molar-refractivity contribution is -0.115. The van der Waals surface area contributed by atoms with Crippen LogP contribution in [0.15, 0.2) is 24.2 Å². The van der Waals surface area contributed by atoms with Crippen molar-refractivity contribution in [3.63, 3.8) is 0 Å². The molecule has 2 heterocycles. The average Bonchev–Trinajstić information content (AvgIpc) is 2.63. The number of nitrogens with one attached hydrogen (secondary N) is 3. The number of carbonyl (C=O) groups is 1. The lowest BCUT2D eigenvalue weighted by Crippen LogP contribution is -2.21. The first-order chi connectivity index (χ1) is 6.25. The van der Waals surface area contributed by atoms with Crippen LogP contribution in [0.1, 0.15) is 5.56 Å². The summed E-state index contributed by atoms with van der Waals surface area (Å²) in [5.41, 5.74) is 1.41. The summed E-state index contributed by atoms with van der Waals surface area (Å²) in [6, 6.07) is 1.86. The largest absolute Gasteiger partial charge is 0.367 e. The van der Waals surface area contributed by atoms with Crippen molar-refractivity contribution in [3.8, 4) is 0 Å². The van der Waals surface area contributed by atoms with Crippen molar-refractivity contribution in [3.05, 3.63) is 29.7 Å². The zero-order chi connectivity index (χ0) is 9.26. The van der Waals surface area contributed by atoms with Crippen LogP contribution in [0.3, 0.4) is 0 Å². The van der Waals surface area contributed by atoms with E-state index < -0.39 is 0 Å². The summed E-state index contributed by atoms with van der Waals surface area (Å²) in [5.74, 6) is -0.189. The molecule has 0 spiro atoms. The second kappa shape index (κ2) is 3.02. The van der Waals surface area contributed by atoms with Gasteiger partial charge in [0.2, 0.25) is 0 Å². The fourth-order valence-corrected chi connectivity index (χ4v) is 1.28. The van der Waals surface area contributed by atoms with Gasteiger partial charge in [-0.3, -0.25) is 10.1 Å². The maximum atomic E-state index is 11.2. The predicted octanol–water partition coefficient (Wildman–Crippen LogP) is 0.360. The fourth-order valence-electron chi connectivity index (χ4n) is 1.08. The Morgan fingerprint density at radius 3 is 2.77 bits per heavy atom. The van der Waals surface area contributed by atoms with Crippen molar-refractivity contribution < 1.29 is 4.79 Å². The molecule has 1 fully saturated rings. The van der Waals surface area contributed by atoms with Crippen LogP contribution in [0.25, 0.3) is 6.08 Å². The lowest BCUT2D eigenvalue weighted by Gasteiger charge is -1.91. The van der Waals surface area contributed by atoms with Gasteiger partial charge in [-0.2, -0.15) is 0 Å². The van der Waals surface area contributed by atoms with Gasteiger partial charge in [0.25, 0.3) is 5.91 Å². The molecule has 1 amide bonds. The zero-order valence-corrected chi connectivity index (χ0v) is 7.44. The molecule has 66 valence electrons. The molecule has 1 aliphatic rings. The van der Waals surface area contributed by atoms with E-state index in [1.54, 1.807) is 18.5 Å². The maximum Gasteiger partial charge on any atom is 0.273 e. The second-order valence-electron chi connectivity index (χ2n) is 2.61. The Hall–Kier alpha value is -1.62. The van der Waals surface area contributed by atoms with E-state index in [1.165, 1.54) is 0 Å². The minimum absolute atomic E-state index is 0.189. The molecule has 5 heteroatoms. The highest BCUT2D eigenvalue weighted by atomic mass is 32.1. The smallest absolute Gasteiger partial charge is 0.273 e. The van der Waals surface area contributed by atoms with Gasteiger partial charge < -0.3 is 10.3 Å². The van der Waals surface area contributed by atoms with Crippen LogP contribution in [0.4, 0.5) is 0 Å². The van der Waals surface area contributed by atoms with Crippen molar-refractivity contribution in [2.24, 2.45) is 0 Å². The molecule has 0 radical (unpaired) electrons. The summed E-state index contributed by atoms with van der Waals surface area (Å²) < 4.78 is 0. The van der Waals surface area contributed by atoms with E-state index in [0.29, 0.717) is 10.8 Å². The normalized spacial score (nSPS) is 18.9. The SMILES string of the molecule is O=C1NC(=S)N/C1=C\c1cc[nH]c1. The molecule has 0 saturated carbocycles. The molecule has 0 aromatic carbocycles. The van der Waals surface area contributed by atoms with Crippen LogP contribution in [0, 0.1) is 0 Å². The van der Waals surface area contributed by atoms with Gasteiger partial charge in [-0.25, -0.2) is 0 Å². The van der Waals surface area contributed by atoms with Crippen LogP contribution >= 0.6 is 12.2 Å². The quantitative estimate of drug-likeness (QED) is 0.446. The highest BCUT2D eigenvalue weighted by Gasteiger charge is 2.19. The molecule has 4 nitrogen and oxygen atoms in total.